The summed E-state index contributed by atoms with van der Waals surface area (Å²) in [4.78, 5) is 38.9. The van der Waals surface area contributed by atoms with Crippen molar-refractivity contribution in [1.29, 1.82) is 0 Å². The van der Waals surface area contributed by atoms with E-state index < -0.39 is 24.4 Å². The highest BCUT2D eigenvalue weighted by Gasteiger charge is 2.36. The fraction of sp³-hybridized carbons (Fsp3) is 0.208. The van der Waals surface area contributed by atoms with Gasteiger partial charge in [-0.05, 0) is 42.1 Å². The Balaban J connectivity index is 1.37. The molecule has 0 unspecified atom stereocenters. The highest BCUT2D eigenvalue weighted by atomic mass is 79.9. The third-order valence-electron chi connectivity index (χ3n) is 5.30. The summed E-state index contributed by atoms with van der Waals surface area (Å²) in [6.07, 6.45) is 0.0651. The molecule has 0 radical (unpaired) electrons. The molecule has 1 aliphatic heterocycles. The maximum Gasteiger partial charge on any atom is 0.311 e. The van der Waals surface area contributed by atoms with Crippen LogP contribution in [0.1, 0.15) is 12.0 Å². The van der Waals surface area contributed by atoms with Crippen LogP contribution in [0.25, 0.3) is 10.8 Å². The van der Waals surface area contributed by atoms with E-state index in [1.54, 1.807) is 11.0 Å². The molecule has 1 heterocycles. The summed E-state index contributed by atoms with van der Waals surface area (Å²) in [5.41, 5.74) is 2.38. The molecular weight excluding hydrogens is 460 g/mol. The minimum Gasteiger partial charge on any atom is -0.455 e. The normalized spacial score (nSPS) is 15.9. The van der Waals surface area contributed by atoms with Crippen LogP contribution in [0.4, 0.5) is 11.4 Å². The summed E-state index contributed by atoms with van der Waals surface area (Å²) >= 11 is 3.41. The fourth-order valence-electron chi connectivity index (χ4n) is 3.72. The van der Waals surface area contributed by atoms with Gasteiger partial charge in [0.15, 0.2) is 6.61 Å². The van der Waals surface area contributed by atoms with Gasteiger partial charge in [0, 0.05) is 28.5 Å². The van der Waals surface area contributed by atoms with E-state index in [1.807, 2.05) is 61.5 Å². The van der Waals surface area contributed by atoms with Gasteiger partial charge in [-0.2, -0.15) is 0 Å². The molecule has 1 saturated heterocycles. The van der Waals surface area contributed by atoms with E-state index in [9.17, 15) is 14.4 Å². The lowest BCUT2D eigenvalue weighted by Crippen LogP contribution is -2.28. The van der Waals surface area contributed by atoms with Crippen molar-refractivity contribution in [2.45, 2.75) is 13.3 Å². The number of benzene rings is 3. The van der Waals surface area contributed by atoms with Gasteiger partial charge in [-0.25, -0.2) is 0 Å². The Hall–Kier alpha value is -3.19. The van der Waals surface area contributed by atoms with Crippen LogP contribution in [-0.2, 0) is 19.1 Å². The number of carbonyl (C=O) groups is 3. The van der Waals surface area contributed by atoms with Crippen molar-refractivity contribution in [1.82, 2.24) is 0 Å². The second-order valence-electron chi connectivity index (χ2n) is 7.52. The van der Waals surface area contributed by atoms with Crippen molar-refractivity contribution >= 4 is 55.9 Å². The van der Waals surface area contributed by atoms with Crippen LogP contribution >= 0.6 is 15.9 Å². The topological polar surface area (TPSA) is 75.7 Å². The molecule has 2 amide bonds. The number of aryl methyl sites for hydroxylation is 1. The van der Waals surface area contributed by atoms with Gasteiger partial charge >= 0.3 is 5.97 Å². The number of esters is 1. The van der Waals surface area contributed by atoms with Crippen LogP contribution in [-0.4, -0.2) is 30.9 Å². The van der Waals surface area contributed by atoms with E-state index in [0.29, 0.717) is 5.69 Å². The molecule has 3 aromatic carbocycles. The van der Waals surface area contributed by atoms with Crippen LogP contribution < -0.4 is 10.2 Å². The summed E-state index contributed by atoms with van der Waals surface area (Å²) in [6.45, 7) is 1.75. The van der Waals surface area contributed by atoms with Gasteiger partial charge in [-0.15, -0.1) is 0 Å². The van der Waals surface area contributed by atoms with Gasteiger partial charge < -0.3 is 15.0 Å². The molecule has 1 aliphatic rings. The predicted octanol–water partition coefficient (Wildman–Crippen LogP) is 4.45. The molecule has 1 atom stereocenters. The lowest BCUT2D eigenvalue weighted by molar-refractivity contribution is -0.151. The first-order chi connectivity index (χ1) is 14.9. The van der Waals surface area contributed by atoms with Crippen molar-refractivity contribution < 1.29 is 19.1 Å². The number of nitrogens with zero attached hydrogens (tertiary/aromatic N) is 1. The molecule has 4 rings (SSSR count). The van der Waals surface area contributed by atoms with Crippen molar-refractivity contribution in [3.05, 3.63) is 70.7 Å². The third-order valence-corrected chi connectivity index (χ3v) is 6.19. The Labute approximate surface area is 188 Å². The van der Waals surface area contributed by atoms with E-state index in [2.05, 4.69) is 21.2 Å². The Morgan fingerprint density at radius 3 is 2.71 bits per heavy atom. The summed E-state index contributed by atoms with van der Waals surface area (Å²) in [5, 5.41) is 4.69. The average molecular weight is 481 g/mol. The van der Waals surface area contributed by atoms with E-state index in [0.717, 1.165) is 26.5 Å². The van der Waals surface area contributed by atoms with Crippen LogP contribution in [0.5, 0.6) is 0 Å². The molecule has 1 N–H and O–H groups in total. The number of amides is 2. The predicted molar refractivity (Wildman–Crippen MR) is 123 cm³/mol. The summed E-state index contributed by atoms with van der Waals surface area (Å²) in [5.74, 6) is -1.70. The SMILES string of the molecule is Cc1cc(NC(=O)COC(=O)[C@@H]2CC(=O)N(c3cccc4ccccc34)C2)ccc1Br. The van der Waals surface area contributed by atoms with Gasteiger partial charge in [-0.3, -0.25) is 14.4 Å². The lowest BCUT2D eigenvalue weighted by Gasteiger charge is -2.18. The molecule has 3 aromatic rings. The highest BCUT2D eigenvalue weighted by Crippen LogP contribution is 2.32. The van der Waals surface area contributed by atoms with Crippen LogP contribution in [0.2, 0.25) is 0 Å². The average Bonchev–Trinajstić information content (AvgIpc) is 3.15. The smallest absolute Gasteiger partial charge is 0.311 e. The number of halogens is 1. The van der Waals surface area contributed by atoms with Crippen molar-refractivity contribution in [3.63, 3.8) is 0 Å². The Morgan fingerprint density at radius 1 is 1.13 bits per heavy atom. The molecule has 0 aromatic heterocycles. The summed E-state index contributed by atoms with van der Waals surface area (Å²) < 4.78 is 6.14. The number of carbonyl (C=O) groups excluding carboxylic acids is 3. The number of hydrogen-bond acceptors (Lipinski definition) is 4. The Morgan fingerprint density at radius 2 is 1.90 bits per heavy atom. The van der Waals surface area contributed by atoms with Gasteiger partial charge in [-0.1, -0.05) is 52.3 Å². The second kappa shape index (κ2) is 8.89. The van der Waals surface area contributed by atoms with Crippen molar-refractivity contribution in [2.75, 3.05) is 23.4 Å². The minimum absolute atomic E-state index is 0.0651. The number of rotatable bonds is 5. The summed E-state index contributed by atoms with van der Waals surface area (Å²) in [6, 6.07) is 19.0. The quantitative estimate of drug-likeness (QED) is 0.547. The van der Waals surface area contributed by atoms with Gasteiger partial charge in [0.25, 0.3) is 5.91 Å². The number of ether oxygens (including phenoxy) is 1. The molecule has 0 aliphatic carbocycles. The molecule has 7 heteroatoms. The Kier molecular flexibility index (Phi) is 6.04. The molecule has 1 fully saturated rings. The highest BCUT2D eigenvalue weighted by molar-refractivity contribution is 9.10. The first kappa shape index (κ1) is 21.1. The van der Waals surface area contributed by atoms with Gasteiger partial charge in [0.05, 0.1) is 11.6 Å². The zero-order valence-corrected chi connectivity index (χ0v) is 18.5. The van der Waals surface area contributed by atoms with E-state index in [4.69, 9.17) is 4.74 Å². The standard InChI is InChI=1S/C24H21BrN2O4/c1-15-11-18(9-10-20(15)25)26-22(28)14-31-24(30)17-12-23(29)27(13-17)21-8-4-6-16-5-2-3-7-19(16)21/h2-11,17H,12-14H2,1H3,(H,26,28)/t17-/m1/s1. The van der Waals surface area contributed by atoms with Crippen LogP contribution in [0.3, 0.4) is 0 Å². The largest absolute Gasteiger partial charge is 0.455 e. The van der Waals surface area contributed by atoms with E-state index >= 15 is 0 Å². The lowest BCUT2D eigenvalue weighted by atomic mass is 10.1. The number of anilines is 2. The molecule has 6 nitrogen and oxygen atoms in total. The number of fused-ring (bicyclic) bond motifs is 1. The van der Waals surface area contributed by atoms with E-state index in [1.165, 1.54) is 0 Å². The van der Waals surface area contributed by atoms with Crippen LogP contribution in [0.15, 0.2) is 65.1 Å². The maximum absolute atomic E-state index is 12.6. The molecule has 0 bridgehead atoms. The first-order valence-electron chi connectivity index (χ1n) is 9.93. The number of hydrogen-bond donors (Lipinski definition) is 1. The van der Waals surface area contributed by atoms with Crippen molar-refractivity contribution in [3.8, 4) is 0 Å². The van der Waals surface area contributed by atoms with Crippen LogP contribution in [0, 0.1) is 12.8 Å². The maximum atomic E-state index is 12.6. The van der Waals surface area contributed by atoms with Gasteiger partial charge in [0.2, 0.25) is 5.91 Å². The number of nitrogens with one attached hydrogen (secondary N) is 1. The zero-order valence-electron chi connectivity index (χ0n) is 16.9. The molecule has 158 valence electrons. The molecule has 31 heavy (non-hydrogen) atoms. The molecule has 0 spiro atoms. The van der Waals surface area contributed by atoms with Crippen molar-refractivity contribution in [2.24, 2.45) is 5.92 Å². The third kappa shape index (κ3) is 4.61. The minimum atomic E-state index is -0.603. The van der Waals surface area contributed by atoms with E-state index in [-0.39, 0.29) is 18.9 Å². The van der Waals surface area contributed by atoms with Gasteiger partial charge in [0.1, 0.15) is 0 Å². The molecule has 0 saturated carbocycles. The summed E-state index contributed by atoms with van der Waals surface area (Å²) in [7, 11) is 0. The monoisotopic (exact) mass is 480 g/mol. The second-order valence-corrected chi connectivity index (χ2v) is 8.38. The molecular formula is C24H21BrN2O4. The fourth-order valence-corrected chi connectivity index (χ4v) is 3.96. The Bertz CT molecular complexity index is 1170. The first-order valence-corrected chi connectivity index (χ1v) is 10.7. The zero-order chi connectivity index (χ0) is 22.0.